The molecule has 0 aromatic carbocycles. The van der Waals surface area contributed by atoms with E-state index in [2.05, 4.69) is 25.8 Å². The Morgan fingerprint density at radius 1 is 0.936 bits per heavy atom. The summed E-state index contributed by atoms with van der Waals surface area (Å²) in [7, 11) is 2.73. The molecule has 0 heterocycles. The van der Waals surface area contributed by atoms with E-state index in [9.17, 15) is 27.8 Å². The first kappa shape index (κ1) is 55.1. The summed E-state index contributed by atoms with van der Waals surface area (Å²) >= 11 is 2.97. The number of carbonyl (C=O) groups is 1. The van der Waals surface area contributed by atoms with Crippen LogP contribution >= 0.6 is 15.9 Å². The zero-order valence-electron chi connectivity index (χ0n) is 30.0. The number of hydrogen-bond acceptors (Lipinski definition) is 11. The van der Waals surface area contributed by atoms with Crippen LogP contribution in [0.5, 0.6) is 0 Å². The molecule has 0 spiro atoms. The summed E-state index contributed by atoms with van der Waals surface area (Å²) < 4.78 is 59.7. The van der Waals surface area contributed by atoms with Crippen LogP contribution in [0.3, 0.4) is 0 Å². The van der Waals surface area contributed by atoms with Crippen LogP contribution in [0.4, 0.5) is 17.6 Å². The maximum absolute atomic E-state index is 12.7. The third-order valence-electron chi connectivity index (χ3n) is 7.18. The standard InChI is InChI=1S/C13H22BF2N2O2.C9H18BN2O2.C4H5BrF2.CH2O3.2K.H/c1-11(2,19)12(3,4)20-14-10(6-17)8-18-7-9-5-13(9,15)16;1-8(2,13)9(3,4)14-10-7(5-11)6-12;5-2-3-1-4(3,6)7;2-1-4-3;;;/h6,8-9,19H,5,7,17H2,1-4H3;5-6,11,13H,12H2,1-4H3;3H,1-2H2;1,3H;;;/q;;;;2*+1;-1/p-1/b;7-6+,11-5?;;;;;. The van der Waals surface area contributed by atoms with Crippen molar-refractivity contribution in [2.75, 3.05) is 11.9 Å². The van der Waals surface area contributed by atoms with Gasteiger partial charge in [-0.3, -0.25) is 9.79 Å². The van der Waals surface area contributed by atoms with Gasteiger partial charge in [-0.25, -0.2) is 17.6 Å². The largest absolute Gasteiger partial charge is 1.00 e. The second-order valence-corrected chi connectivity index (χ2v) is 12.9. The van der Waals surface area contributed by atoms with E-state index in [-0.39, 0.29) is 136 Å². The van der Waals surface area contributed by atoms with Gasteiger partial charge in [-0.2, -0.15) is 0 Å². The van der Waals surface area contributed by atoms with E-state index >= 15 is 0 Å². The van der Waals surface area contributed by atoms with Gasteiger partial charge < -0.3 is 48.0 Å². The molecular formula is C27H47B2BrF4K2N4O7. The van der Waals surface area contributed by atoms with Gasteiger partial charge in [0.1, 0.15) is 0 Å². The molecule has 2 saturated carbocycles. The van der Waals surface area contributed by atoms with Crippen LogP contribution in [0.25, 0.3) is 0 Å². The summed E-state index contributed by atoms with van der Waals surface area (Å²) in [6, 6.07) is 0. The van der Waals surface area contributed by atoms with Gasteiger partial charge >= 0.3 is 118 Å². The monoisotopic (exact) mass is 794 g/mol. The Morgan fingerprint density at radius 3 is 1.49 bits per heavy atom. The molecule has 7 N–H and O–H groups in total. The molecule has 2 aliphatic rings. The van der Waals surface area contributed by atoms with E-state index in [1.54, 1.807) is 55.4 Å². The van der Waals surface area contributed by atoms with E-state index in [1.807, 2.05) is 0 Å². The fourth-order valence-electron chi connectivity index (χ4n) is 2.14. The number of nitrogens with one attached hydrogen (secondary N) is 1. The number of aliphatic hydroxyl groups is 2. The SMILES string of the molecule is CC(C)(O)C(C)(C)O[B]/C(C=N)=C/N.CC(C)(O)C(C)(C)O[B]C(C=NCC1CC1(F)F)=CN.FC1(F)CC1CBr.O=CO[O-].[H-].[K+].[K+]. The zero-order chi connectivity index (χ0) is 35.9. The van der Waals surface area contributed by atoms with Crippen molar-refractivity contribution in [2.24, 2.45) is 28.3 Å². The van der Waals surface area contributed by atoms with Crippen molar-refractivity contribution >= 4 is 49.8 Å². The number of aliphatic imine (C=N–C) groups is 1. The number of alkyl halides is 5. The van der Waals surface area contributed by atoms with E-state index in [0.717, 1.165) is 6.21 Å². The first-order valence-electron chi connectivity index (χ1n) is 13.7. The number of halogens is 5. The molecule has 11 nitrogen and oxygen atoms in total. The maximum Gasteiger partial charge on any atom is 1.00 e. The van der Waals surface area contributed by atoms with Crippen LogP contribution in [0.15, 0.2) is 28.3 Å². The summed E-state index contributed by atoms with van der Waals surface area (Å²) in [6.07, 6.45) is 5.01. The van der Waals surface area contributed by atoms with Gasteiger partial charge in [0.2, 0.25) is 0 Å². The first-order valence-corrected chi connectivity index (χ1v) is 14.8. The second-order valence-electron chi connectivity index (χ2n) is 12.3. The van der Waals surface area contributed by atoms with Crippen LogP contribution in [0.2, 0.25) is 0 Å². The van der Waals surface area contributed by atoms with E-state index in [1.165, 1.54) is 33.6 Å². The molecule has 47 heavy (non-hydrogen) atoms. The van der Waals surface area contributed by atoms with Crippen LogP contribution < -0.4 is 119 Å². The number of allylic oxidation sites excluding steroid dienone is 2. The quantitative estimate of drug-likeness (QED) is 0.0231. The van der Waals surface area contributed by atoms with Crippen LogP contribution in [-0.4, -0.2) is 90.2 Å². The maximum atomic E-state index is 12.7. The molecule has 0 amide bonds. The Labute approximate surface area is 372 Å². The summed E-state index contributed by atoms with van der Waals surface area (Å²) in [4.78, 5) is 15.2. The number of carbonyl (C=O) groups excluding carboxylic acids is 1. The average molecular weight is 795 g/mol. The summed E-state index contributed by atoms with van der Waals surface area (Å²) in [6.45, 7) is 13.5. The third-order valence-corrected chi connectivity index (χ3v) is 7.96. The molecule has 0 aliphatic heterocycles. The van der Waals surface area contributed by atoms with E-state index in [4.69, 9.17) is 36.2 Å². The molecular weight excluding hydrogens is 748 g/mol. The summed E-state index contributed by atoms with van der Waals surface area (Å²) in [5.41, 5.74) is 8.02. The molecule has 2 fully saturated rings. The van der Waals surface area contributed by atoms with Crippen molar-refractivity contribution in [1.29, 1.82) is 5.41 Å². The number of nitrogens with zero attached hydrogens (tertiary/aromatic N) is 1. The minimum atomic E-state index is -2.56. The van der Waals surface area contributed by atoms with Crippen LogP contribution in [-0.2, 0) is 19.0 Å². The van der Waals surface area contributed by atoms with E-state index < -0.39 is 40.2 Å². The van der Waals surface area contributed by atoms with Crippen molar-refractivity contribution in [3.8, 4) is 0 Å². The molecule has 2 aliphatic carbocycles. The molecule has 2 unspecified atom stereocenters. The average Bonchev–Trinajstić information content (AvgIpc) is 3.77. The summed E-state index contributed by atoms with van der Waals surface area (Å²) in [5, 5.41) is 35.5. The molecule has 2 atom stereocenters. The Morgan fingerprint density at radius 2 is 1.28 bits per heavy atom. The van der Waals surface area contributed by atoms with Gasteiger partial charge in [-0.15, -0.1) is 0 Å². The van der Waals surface area contributed by atoms with Gasteiger partial charge in [-0.05, 0) is 78.7 Å². The van der Waals surface area contributed by atoms with E-state index in [0.29, 0.717) is 16.3 Å². The van der Waals surface area contributed by atoms with Crippen LogP contribution in [0.1, 0.15) is 69.7 Å². The topological polar surface area (TPSA) is 197 Å². The minimum Gasteiger partial charge on any atom is -1.00 e. The Kier molecular flexibility index (Phi) is 28.7. The Bertz CT molecular complexity index is 1030. The Hall–Kier alpha value is 1.29. The normalized spacial score (nSPS) is 19.7. The minimum absolute atomic E-state index is 0. The molecule has 0 bridgehead atoms. The van der Waals surface area contributed by atoms with Crippen molar-refractivity contribution in [1.82, 2.24) is 0 Å². The summed E-state index contributed by atoms with van der Waals surface area (Å²) in [5.74, 6) is -5.92. The predicted molar refractivity (Wildman–Crippen MR) is 169 cm³/mol. The molecule has 0 aromatic heterocycles. The fraction of sp³-hybridized carbons (Fsp3) is 0.741. The van der Waals surface area contributed by atoms with Crippen molar-refractivity contribution in [3.05, 3.63) is 23.3 Å². The van der Waals surface area contributed by atoms with Crippen molar-refractivity contribution < 1.29 is 156 Å². The fourth-order valence-corrected chi connectivity index (χ4v) is 2.85. The molecule has 20 heteroatoms. The van der Waals surface area contributed by atoms with Gasteiger partial charge in [0.05, 0.1) is 22.4 Å². The van der Waals surface area contributed by atoms with Gasteiger partial charge in [-0.1, -0.05) is 15.9 Å². The zero-order valence-corrected chi connectivity index (χ0v) is 36.8. The van der Waals surface area contributed by atoms with Crippen molar-refractivity contribution in [2.45, 2.75) is 102 Å². The van der Waals surface area contributed by atoms with Crippen LogP contribution in [0, 0.1) is 17.2 Å². The van der Waals surface area contributed by atoms with Crippen molar-refractivity contribution in [3.63, 3.8) is 0 Å². The third kappa shape index (κ3) is 23.5. The van der Waals surface area contributed by atoms with Gasteiger partial charge in [0, 0.05) is 49.0 Å². The molecule has 0 aromatic rings. The second kappa shape index (κ2) is 24.5. The molecule has 2 rings (SSSR count). The van der Waals surface area contributed by atoms with Gasteiger partial charge in [0.15, 0.2) is 0 Å². The molecule has 2 radical (unpaired) electrons. The smallest absolute Gasteiger partial charge is 1.00 e. The molecule has 0 saturated heterocycles. The number of rotatable bonds is 14. The molecule has 260 valence electrons. The Balaban J connectivity index is -0.000000191. The number of nitrogens with two attached hydrogens (primary N) is 2. The number of hydrogen-bond donors (Lipinski definition) is 5. The predicted octanol–water partition coefficient (Wildman–Crippen LogP) is -3.09. The first-order chi connectivity index (χ1) is 20.3. The van der Waals surface area contributed by atoms with Gasteiger partial charge in [0.25, 0.3) is 18.3 Å².